The van der Waals surface area contributed by atoms with Crippen LogP contribution in [0.4, 0.5) is 5.69 Å². The van der Waals surface area contributed by atoms with E-state index in [2.05, 4.69) is 20.1 Å². The van der Waals surface area contributed by atoms with Crippen LogP contribution in [0, 0.1) is 17.8 Å². The van der Waals surface area contributed by atoms with Gasteiger partial charge in [-0.1, -0.05) is 39.3 Å². The normalized spacial score (nSPS) is 26.8. The van der Waals surface area contributed by atoms with Crippen molar-refractivity contribution < 1.29 is 29.0 Å². The number of nitrogens with zero attached hydrogens (tertiary/aromatic N) is 3. The highest BCUT2D eigenvalue weighted by Gasteiger charge is 2.75. The first-order valence-corrected chi connectivity index (χ1v) is 16.3. The molecule has 3 saturated heterocycles. The molecular weight excluding hydrogens is 558 g/mol. The summed E-state index contributed by atoms with van der Waals surface area (Å²) in [4.78, 5) is 48.8. The highest BCUT2D eigenvalue weighted by atomic mass is 16.5. The molecule has 0 aliphatic carbocycles. The zero-order valence-corrected chi connectivity index (χ0v) is 27.1. The highest BCUT2D eigenvalue weighted by molar-refractivity contribution is 6.03. The molecule has 3 amide bonds. The molecule has 3 heterocycles. The highest BCUT2D eigenvalue weighted by Crippen LogP contribution is 2.59. The number of rotatable bonds is 16. The smallest absolute Gasteiger partial charge is 0.248 e. The Hall–Kier alpha value is -3.17. The van der Waals surface area contributed by atoms with Crippen LogP contribution in [0.5, 0.6) is 5.75 Å². The van der Waals surface area contributed by atoms with E-state index in [1.165, 1.54) is 0 Å². The van der Waals surface area contributed by atoms with Crippen LogP contribution in [0.25, 0.3) is 0 Å². The van der Waals surface area contributed by atoms with E-state index < -0.39 is 35.6 Å². The summed E-state index contributed by atoms with van der Waals surface area (Å²) in [5.74, 6) is -1.42. The monoisotopic (exact) mass is 609 g/mol. The molecule has 3 fully saturated rings. The van der Waals surface area contributed by atoms with Crippen molar-refractivity contribution in [3.63, 3.8) is 0 Å². The second-order valence-electron chi connectivity index (χ2n) is 12.8. The second-order valence-corrected chi connectivity index (χ2v) is 12.8. The number of aliphatic hydroxyl groups excluding tert-OH is 1. The van der Waals surface area contributed by atoms with Gasteiger partial charge in [0.15, 0.2) is 0 Å². The van der Waals surface area contributed by atoms with Gasteiger partial charge in [-0.05, 0) is 69.7 Å². The number of aliphatic hydroxyl groups is 1. The quantitative estimate of drug-likeness (QED) is 0.275. The lowest BCUT2D eigenvalue weighted by molar-refractivity contribution is -0.152. The van der Waals surface area contributed by atoms with Crippen LogP contribution in [0.15, 0.2) is 49.6 Å². The van der Waals surface area contributed by atoms with Gasteiger partial charge in [0.2, 0.25) is 17.7 Å². The zero-order valence-electron chi connectivity index (χ0n) is 27.1. The molecule has 3 aliphatic rings. The van der Waals surface area contributed by atoms with Gasteiger partial charge in [0.05, 0.1) is 37.2 Å². The summed E-state index contributed by atoms with van der Waals surface area (Å²) >= 11 is 0. The Morgan fingerprint density at radius 3 is 2.39 bits per heavy atom. The number of hydrogen-bond donors (Lipinski definition) is 1. The molecule has 1 aromatic rings. The van der Waals surface area contributed by atoms with Gasteiger partial charge in [-0.15, -0.1) is 13.2 Å². The van der Waals surface area contributed by atoms with Crippen LogP contribution < -0.4 is 9.64 Å². The van der Waals surface area contributed by atoms with E-state index in [1.807, 2.05) is 52.0 Å². The third-order valence-corrected chi connectivity index (χ3v) is 9.49. The number of carbonyl (C=O) groups is 3. The SMILES string of the molecule is C=CCN(C(=O)[C@@H]1[C@@H]2CCC3(O2)C(C(=O)N(CC=C)C(C)CCC)N([C@@H](CO)CC(C)C)C(=O)[C@H]13)c1ccc(OCC)cc1. The number of benzene rings is 1. The molecule has 242 valence electrons. The van der Waals surface area contributed by atoms with Gasteiger partial charge >= 0.3 is 0 Å². The van der Waals surface area contributed by atoms with E-state index in [-0.39, 0.29) is 42.8 Å². The van der Waals surface area contributed by atoms with Crippen molar-refractivity contribution in [2.45, 2.75) is 96.6 Å². The zero-order chi connectivity index (χ0) is 32.2. The summed E-state index contributed by atoms with van der Waals surface area (Å²) < 4.78 is 12.3. The maximum Gasteiger partial charge on any atom is 0.248 e. The molecule has 1 aromatic carbocycles. The Balaban J connectivity index is 1.78. The first-order chi connectivity index (χ1) is 21.1. The van der Waals surface area contributed by atoms with Crippen molar-refractivity contribution in [3.8, 4) is 5.75 Å². The first-order valence-electron chi connectivity index (χ1n) is 16.3. The number of carbonyl (C=O) groups excluding carboxylic acids is 3. The van der Waals surface area contributed by atoms with Crippen molar-refractivity contribution in [3.05, 3.63) is 49.6 Å². The van der Waals surface area contributed by atoms with Crippen LogP contribution in [-0.2, 0) is 19.1 Å². The maximum atomic E-state index is 14.7. The summed E-state index contributed by atoms with van der Waals surface area (Å²) in [5.41, 5.74) is -0.475. The van der Waals surface area contributed by atoms with E-state index in [0.29, 0.717) is 43.9 Å². The van der Waals surface area contributed by atoms with E-state index in [1.54, 1.807) is 26.9 Å². The molecular formula is C35H51N3O6. The lowest BCUT2D eigenvalue weighted by Crippen LogP contribution is -2.60. The summed E-state index contributed by atoms with van der Waals surface area (Å²) in [6.07, 6.45) is 6.19. The Bertz CT molecular complexity index is 1200. The number of hydrogen-bond acceptors (Lipinski definition) is 6. The van der Waals surface area contributed by atoms with E-state index in [0.717, 1.165) is 12.8 Å². The summed E-state index contributed by atoms with van der Waals surface area (Å²) in [5, 5.41) is 10.6. The predicted molar refractivity (Wildman–Crippen MR) is 171 cm³/mol. The van der Waals surface area contributed by atoms with Crippen LogP contribution in [0.2, 0.25) is 0 Å². The molecule has 1 N–H and O–H groups in total. The van der Waals surface area contributed by atoms with Crippen LogP contribution in [0.3, 0.4) is 0 Å². The number of amides is 3. The minimum absolute atomic E-state index is 0.0747. The molecule has 3 aliphatic heterocycles. The fourth-order valence-electron chi connectivity index (χ4n) is 7.74. The molecule has 2 bridgehead atoms. The van der Waals surface area contributed by atoms with Gasteiger partial charge < -0.3 is 29.3 Å². The van der Waals surface area contributed by atoms with Crippen molar-refractivity contribution in [2.75, 3.05) is 31.2 Å². The minimum atomic E-state index is -1.15. The molecule has 7 atom stereocenters. The third-order valence-electron chi connectivity index (χ3n) is 9.49. The first kappa shape index (κ1) is 33.7. The number of anilines is 1. The van der Waals surface area contributed by atoms with E-state index in [9.17, 15) is 19.5 Å². The molecule has 9 heteroatoms. The van der Waals surface area contributed by atoms with Gasteiger partial charge in [-0.2, -0.15) is 0 Å². The van der Waals surface area contributed by atoms with Crippen molar-refractivity contribution in [1.82, 2.24) is 9.80 Å². The van der Waals surface area contributed by atoms with Gasteiger partial charge in [-0.25, -0.2) is 0 Å². The summed E-state index contributed by atoms with van der Waals surface area (Å²) in [6.45, 7) is 18.7. The Morgan fingerprint density at radius 2 is 1.82 bits per heavy atom. The lowest BCUT2D eigenvalue weighted by atomic mass is 9.70. The Labute approximate surface area is 262 Å². The number of likely N-dealkylation sites (tertiary alicyclic amines) is 1. The number of fused-ring (bicyclic) bond motifs is 1. The molecule has 0 radical (unpaired) electrons. The predicted octanol–water partition coefficient (Wildman–Crippen LogP) is 4.59. The number of ether oxygens (including phenoxy) is 2. The van der Waals surface area contributed by atoms with Crippen LogP contribution in [-0.4, -0.2) is 88.8 Å². The molecule has 0 saturated carbocycles. The van der Waals surface area contributed by atoms with Gasteiger partial charge in [0, 0.05) is 24.8 Å². The fourth-order valence-corrected chi connectivity index (χ4v) is 7.74. The molecule has 4 rings (SSSR count). The van der Waals surface area contributed by atoms with Gasteiger partial charge in [-0.3, -0.25) is 14.4 Å². The third kappa shape index (κ3) is 6.05. The average Bonchev–Trinajstić information content (AvgIpc) is 3.65. The minimum Gasteiger partial charge on any atom is -0.494 e. The molecule has 0 aromatic heterocycles. The lowest BCUT2D eigenvalue weighted by Gasteiger charge is -2.41. The molecule has 3 unspecified atom stereocenters. The largest absolute Gasteiger partial charge is 0.494 e. The van der Waals surface area contributed by atoms with Crippen molar-refractivity contribution in [2.24, 2.45) is 17.8 Å². The van der Waals surface area contributed by atoms with Crippen LogP contribution >= 0.6 is 0 Å². The molecule has 1 spiro atoms. The van der Waals surface area contributed by atoms with E-state index in [4.69, 9.17) is 9.47 Å². The topological polar surface area (TPSA) is 99.6 Å². The van der Waals surface area contributed by atoms with E-state index >= 15 is 0 Å². The van der Waals surface area contributed by atoms with Crippen LogP contribution in [0.1, 0.15) is 66.7 Å². The molecule has 9 nitrogen and oxygen atoms in total. The Morgan fingerprint density at radius 1 is 1.14 bits per heavy atom. The molecule has 44 heavy (non-hydrogen) atoms. The fraction of sp³-hybridized carbons (Fsp3) is 0.629. The van der Waals surface area contributed by atoms with Crippen molar-refractivity contribution in [1.29, 1.82) is 0 Å². The van der Waals surface area contributed by atoms with Gasteiger partial charge in [0.25, 0.3) is 0 Å². The Kier molecular flexibility index (Phi) is 10.9. The van der Waals surface area contributed by atoms with Crippen molar-refractivity contribution >= 4 is 23.4 Å². The van der Waals surface area contributed by atoms with Gasteiger partial charge in [0.1, 0.15) is 17.4 Å². The summed E-state index contributed by atoms with van der Waals surface area (Å²) in [7, 11) is 0. The standard InChI is InChI=1S/C35H51N3O6/c1-8-12-24(7)36(19-9-2)34(42)31-35-18-17-28(44-35)29(30(35)33(41)38(31)26(22-39)21-23(5)6)32(40)37(20-10-3)25-13-15-27(16-14-25)43-11-4/h9-10,13-16,23-24,26,28-31,39H,2-3,8,11-12,17-22H2,1,4-7H3/t24?,26-,28+,29-,30+,31?,35?/m1/s1. The second kappa shape index (κ2) is 14.3. The average molecular weight is 610 g/mol. The maximum absolute atomic E-state index is 14.7. The summed E-state index contributed by atoms with van der Waals surface area (Å²) in [6, 6.07) is 5.72.